The summed E-state index contributed by atoms with van der Waals surface area (Å²) in [5.74, 6) is 2.70. The van der Waals surface area contributed by atoms with Gasteiger partial charge in [-0.05, 0) is 38.4 Å². The van der Waals surface area contributed by atoms with Crippen molar-refractivity contribution in [2.24, 2.45) is 0 Å². The zero-order valence-electron chi connectivity index (χ0n) is 15.7. The molecule has 2 aromatic carbocycles. The molecule has 1 aliphatic heterocycles. The number of benzene rings is 2. The molecule has 4 rings (SSSR count). The number of likely N-dealkylation sites (tertiary alicyclic amines) is 1. The lowest BCUT2D eigenvalue weighted by Gasteiger charge is -2.15. The van der Waals surface area contributed by atoms with Gasteiger partial charge in [-0.3, -0.25) is 0 Å². The van der Waals surface area contributed by atoms with E-state index in [1.165, 1.54) is 5.56 Å². The quantitative estimate of drug-likeness (QED) is 0.586. The van der Waals surface area contributed by atoms with Gasteiger partial charge >= 0.3 is 0 Å². The minimum atomic E-state index is 0.327. The van der Waals surface area contributed by atoms with Crippen LogP contribution in [-0.4, -0.2) is 41.3 Å². The second kappa shape index (κ2) is 8.35. The fourth-order valence-electron chi connectivity index (χ4n) is 3.46. The minimum absolute atomic E-state index is 0.327. The monoisotopic (exact) mass is 363 g/mol. The number of aromatic nitrogens is 2. The number of hydrogen-bond acceptors (Lipinski definition) is 5. The maximum atomic E-state index is 5.82. The van der Waals surface area contributed by atoms with Crippen LogP contribution in [0.3, 0.4) is 0 Å². The fraction of sp³-hybridized carbons (Fsp3) is 0.364. The molecule has 1 saturated heterocycles. The van der Waals surface area contributed by atoms with Gasteiger partial charge in [0.2, 0.25) is 11.7 Å². The van der Waals surface area contributed by atoms with Crippen LogP contribution in [0.25, 0.3) is 11.4 Å². The molecule has 1 aromatic heterocycles. The smallest absolute Gasteiger partial charge is 0.231 e. The largest absolute Gasteiger partial charge is 0.494 e. The maximum absolute atomic E-state index is 5.82. The van der Waals surface area contributed by atoms with Crippen molar-refractivity contribution in [2.45, 2.75) is 25.7 Å². The first-order valence-corrected chi connectivity index (χ1v) is 9.59. The average molecular weight is 363 g/mol. The van der Waals surface area contributed by atoms with E-state index in [4.69, 9.17) is 9.26 Å². The number of rotatable bonds is 7. The van der Waals surface area contributed by atoms with Crippen molar-refractivity contribution in [1.29, 1.82) is 0 Å². The lowest BCUT2D eigenvalue weighted by Crippen LogP contribution is -2.23. The van der Waals surface area contributed by atoms with Crippen molar-refractivity contribution < 1.29 is 9.26 Å². The maximum Gasteiger partial charge on any atom is 0.231 e. The molecule has 0 amide bonds. The molecule has 0 radical (unpaired) electrons. The zero-order chi connectivity index (χ0) is 18.5. The van der Waals surface area contributed by atoms with Gasteiger partial charge in [-0.15, -0.1) is 0 Å². The summed E-state index contributed by atoms with van der Waals surface area (Å²) in [6.45, 7) is 5.89. The van der Waals surface area contributed by atoms with Crippen LogP contribution in [0.2, 0.25) is 0 Å². The van der Waals surface area contributed by atoms with Crippen molar-refractivity contribution in [3.05, 3.63) is 66.1 Å². The molecule has 0 bridgehead atoms. The van der Waals surface area contributed by atoms with Gasteiger partial charge in [0.05, 0.1) is 12.5 Å². The Morgan fingerprint density at radius 3 is 2.74 bits per heavy atom. The Kier molecular flexibility index (Phi) is 5.49. The minimum Gasteiger partial charge on any atom is -0.494 e. The summed E-state index contributed by atoms with van der Waals surface area (Å²) in [5, 5.41) is 4.15. The van der Waals surface area contributed by atoms with Gasteiger partial charge in [-0.2, -0.15) is 4.98 Å². The molecule has 0 N–H and O–H groups in total. The summed E-state index contributed by atoms with van der Waals surface area (Å²) in [6, 6.07) is 18.2. The summed E-state index contributed by atoms with van der Waals surface area (Å²) >= 11 is 0. The average Bonchev–Trinajstić information content (AvgIpc) is 3.37. The van der Waals surface area contributed by atoms with Crippen LogP contribution in [0, 0.1) is 6.92 Å². The van der Waals surface area contributed by atoms with E-state index >= 15 is 0 Å². The van der Waals surface area contributed by atoms with Gasteiger partial charge in [-0.1, -0.05) is 53.2 Å². The van der Waals surface area contributed by atoms with Crippen LogP contribution in [0.15, 0.2) is 59.1 Å². The van der Waals surface area contributed by atoms with Crippen LogP contribution in [0.4, 0.5) is 0 Å². The topological polar surface area (TPSA) is 51.4 Å². The van der Waals surface area contributed by atoms with E-state index in [9.17, 15) is 0 Å². The van der Waals surface area contributed by atoms with Crippen molar-refractivity contribution >= 4 is 0 Å². The van der Waals surface area contributed by atoms with Gasteiger partial charge in [0, 0.05) is 18.7 Å². The van der Waals surface area contributed by atoms with Crippen LogP contribution in [0.5, 0.6) is 5.75 Å². The standard InChI is InChI=1S/C22H25N3O2/c1-17-8-10-20(11-9-17)26-15-5-13-25-14-12-19(16-25)22-23-21(24-27-22)18-6-3-2-4-7-18/h2-4,6-11,19H,5,12-16H2,1H3. The Morgan fingerprint density at radius 2 is 1.93 bits per heavy atom. The van der Waals surface area contributed by atoms with Gasteiger partial charge < -0.3 is 14.2 Å². The molecular formula is C22H25N3O2. The van der Waals surface area contributed by atoms with Crippen molar-refractivity contribution in [3.8, 4) is 17.1 Å². The van der Waals surface area contributed by atoms with Crippen molar-refractivity contribution in [3.63, 3.8) is 0 Å². The molecule has 5 heteroatoms. The second-order valence-electron chi connectivity index (χ2n) is 7.12. The third kappa shape index (κ3) is 4.55. The molecule has 0 spiro atoms. The summed E-state index contributed by atoms with van der Waals surface area (Å²) in [6.07, 6.45) is 2.08. The van der Waals surface area contributed by atoms with Crippen LogP contribution < -0.4 is 4.74 Å². The Bertz CT molecular complexity index is 846. The molecule has 1 atom stereocenters. The lowest BCUT2D eigenvalue weighted by molar-refractivity contribution is 0.258. The van der Waals surface area contributed by atoms with Gasteiger partial charge in [-0.25, -0.2) is 0 Å². The van der Waals surface area contributed by atoms with Crippen LogP contribution >= 0.6 is 0 Å². The molecule has 1 unspecified atom stereocenters. The van der Waals surface area contributed by atoms with Crippen LogP contribution in [-0.2, 0) is 0 Å². The van der Waals surface area contributed by atoms with E-state index in [1.807, 2.05) is 42.5 Å². The molecule has 1 aliphatic rings. The van der Waals surface area contributed by atoms with E-state index in [-0.39, 0.29) is 0 Å². The van der Waals surface area contributed by atoms with E-state index in [0.29, 0.717) is 11.7 Å². The summed E-state index contributed by atoms with van der Waals surface area (Å²) in [7, 11) is 0. The fourth-order valence-corrected chi connectivity index (χ4v) is 3.46. The molecule has 0 saturated carbocycles. The molecule has 5 nitrogen and oxygen atoms in total. The first-order chi connectivity index (χ1) is 13.3. The Labute approximate surface area is 160 Å². The highest BCUT2D eigenvalue weighted by Gasteiger charge is 2.28. The number of aryl methyl sites for hydroxylation is 1. The van der Waals surface area contributed by atoms with Gasteiger partial charge in [0.15, 0.2) is 0 Å². The Hall–Kier alpha value is -2.66. The normalized spacial score (nSPS) is 17.3. The Morgan fingerprint density at radius 1 is 1.11 bits per heavy atom. The van der Waals surface area contributed by atoms with E-state index in [2.05, 4.69) is 34.1 Å². The van der Waals surface area contributed by atoms with Gasteiger partial charge in [0.25, 0.3) is 0 Å². The SMILES string of the molecule is Cc1ccc(OCCCN2CCC(c3nc(-c4ccccc4)no3)C2)cc1. The molecule has 140 valence electrons. The predicted octanol–water partition coefficient (Wildman–Crippen LogP) is 4.30. The number of ether oxygens (including phenoxy) is 1. The summed E-state index contributed by atoms with van der Waals surface area (Å²) in [4.78, 5) is 7.06. The first-order valence-electron chi connectivity index (χ1n) is 9.59. The molecular weight excluding hydrogens is 338 g/mol. The highest BCUT2D eigenvalue weighted by molar-refractivity contribution is 5.53. The lowest BCUT2D eigenvalue weighted by atomic mass is 10.1. The van der Waals surface area contributed by atoms with E-state index < -0.39 is 0 Å². The van der Waals surface area contributed by atoms with Crippen molar-refractivity contribution in [2.75, 3.05) is 26.2 Å². The summed E-state index contributed by atoms with van der Waals surface area (Å²) < 4.78 is 11.3. The molecule has 2 heterocycles. The molecule has 1 fully saturated rings. The van der Waals surface area contributed by atoms with E-state index in [1.54, 1.807) is 0 Å². The number of nitrogens with zero attached hydrogens (tertiary/aromatic N) is 3. The number of hydrogen-bond donors (Lipinski definition) is 0. The molecule has 3 aromatic rings. The Balaban J connectivity index is 1.23. The third-order valence-electron chi connectivity index (χ3n) is 5.00. The predicted molar refractivity (Wildman–Crippen MR) is 105 cm³/mol. The molecule has 27 heavy (non-hydrogen) atoms. The van der Waals surface area contributed by atoms with Crippen LogP contribution in [0.1, 0.15) is 30.2 Å². The second-order valence-corrected chi connectivity index (χ2v) is 7.12. The van der Waals surface area contributed by atoms with E-state index in [0.717, 1.165) is 56.3 Å². The highest BCUT2D eigenvalue weighted by Crippen LogP contribution is 2.27. The van der Waals surface area contributed by atoms with Crippen molar-refractivity contribution in [1.82, 2.24) is 15.0 Å². The molecule has 0 aliphatic carbocycles. The van der Waals surface area contributed by atoms with Gasteiger partial charge in [0.1, 0.15) is 5.75 Å². The summed E-state index contributed by atoms with van der Waals surface area (Å²) in [5.41, 5.74) is 2.25. The zero-order valence-corrected chi connectivity index (χ0v) is 15.7. The highest BCUT2D eigenvalue weighted by atomic mass is 16.5. The first kappa shape index (κ1) is 17.7. The third-order valence-corrected chi connectivity index (χ3v) is 5.00.